The molecule has 0 aliphatic carbocycles. The van der Waals surface area contributed by atoms with Crippen LogP contribution >= 0.6 is 0 Å². The number of carboxylic acid groups (broad SMARTS) is 1. The van der Waals surface area contributed by atoms with Crippen molar-refractivity contribution in [2.75, 3.05) is 0 Å². The third-order valence-electron chi connectivity index (χ3n) is 6.40. The Morgan fingerprint density at radius 2 is 0.839 bits per heavy atom. The highest BCUT2D eigenvalue weighted by Gasteiger charge is 2.09. The molecule has 2 atom stereocenters. The van der Waals surface area contributed by atoms with Crippen LogP contribution in [0.1, 0.15) is 155 Å². The lowest BCUT2D eigenvalue weighted by molar-refractivity contribution is -0.137. The van der Waals surface area contributed by atoms with Crippen LogP contribution in [0.4, 0.5) is 0 Å². The molecule has 0 aromatic rings. The van der Waals surface area contributed by atoms with E-state index in [1.165, 1.54) is 89.9 Å². The van der Waals surface area contributed by atoms with Crippen molar-refractivity contribution in [3.63, 3.8) is 0 Å². The molecule has 2 unspecified atom stereocenters. The zero-order valence-electron chi connectivity index (χ0n) is 20.7. The van der Waals surface area contributed by atoms with Gasteiger partial charge in [0.2, 0.25) is 0 Å². The third kappa shape index (κ3) is 25.5. The Kier molecular flexibility index (Phi) is 23.6. The Hall–Kier alpha value is -0.610. The fourth-order valence-corrected chi connectivity index (χ4v) is 4.26. The smallest absolute Gasteiger partial charge is 0.303 e. The molecule has 0 aliphatic rings. The van der Waals surface area contributed by atoms with E-state index in [2.05, 4.69) is 6.92 Å². The van der Waals surface area contributed by atoms with Crippen LogP contribution in [-0.4, -0.2) is 33.5 Å². The van der Waals surface area contributed by atoms with E-state index < -0.39 is 5.97 Å². The number of aliphatic hydroxyl groups is 2. The molecule has 0 aromatic heterocycles. The quantitative estimate of drug-likeness (QED) is 0.126. The average molecular weight is 443 g/mol. The minimum atomic E-state index is -0.671. The van der Waals surface area contributed by atoms with E-state index in [0.29, 0.717) is 6.42 Å². The summed E-state index contributed by atoms with van der Waals surface area (Å²) in [7, 11) is 0. The van der Waals surface area contributed by atoms with Crippen molar-refractivity contribution in [1.82, 2.24) is 0 Å². The van der Waals surface area contributed by atoms with Crippen molar-refractivity contribution in [1.29, 1.82) is 0 Å². The van der Waals surface area contributed by atoms with Gasteiger partial charge in [0.25, 0.3) is 0 Å². The highest BCUT2D eigenvalue weighted by atomic mass is 16.4. The number of carboxylic acids is 1. The molecule has 0 fully saturated rings. The first-order valence-corrected chi connectivity index (χ1v) is 13.6. The largest absolute Gasteiger partial charge is 0.481 e. The molecule has 0 rings (SSSR count). The Bertz CT molecular complexity index is 372. The maximum absolute atomic E-state index is 10.4. The van der Waals surface area contributed by atoms with Gasteiger partial charge in [-0.2, -0.15) is 0 Å². The molecule has 4 heteroatoms. The van der Waals surface area contributed by atoms with Crippen molar-refractivity contribution in [2.24, 2.45) is 0 Å². The molecule has 3 N–H and O–H groups in total. The Morgan fingerprint density at radius 3 is 1.19 bits per heavy atom. The summed E-state index contributed by atoms with van der Waals surface area (Å²) >= 11 is 0. The summed E-state index contributed by atoms with van der Waals surface area (Å²) in [4.78, 5) is 10.4. The maximum Gasteiger partial charge on any atom is 0.303 e. The molecular weight excluding hydrogens is 388 g/mol. The summed E-state index contributed by atoms with van der Waals surface area (Å²) in [6.07, 6.45) is 25.1. The fourth-order valence-electron chi connectivity index (χ4n) is 4.26. The first-order valence-electron chi connectivity index (χ1n) is 13.6. The van der Waals surface area contributed by atoms with Gasteiger partial charge in [0.05, 0.1) is 12.2 Å². The van der Waals surface area contributed by atoms with Gasteiger partial charge in [0.1, 0.15) is 0 Å². The van der Waals surface area contributed by atoms with E-state index in [-0.39, 0.29) is 12.2 Å². The molecule has 0 heterocycles. The zero-order chi connectivity index (χ0) is 23.0. The second-order valence-electron chi connectivity index (χ2n) is 9.62. The number of rotatable bonds is 25. The van der Waals surface area contributed by atoms with E-state index in [9.17, 15) is 15.0 Å². The summed E-state index contributed by atoms with van der Waals surface area (Å²) in [6, 6.07) is 0. The molecule has 0 aromatic carbocycles. The normalized spacial score (nSPS) is 13.4. The third-order valence-corrected chi connectivity index (χ3v) is 6.40. The maximum atomic E-state index is 10.4. The lowest BCUT2D eigenvalue weighted by Gasteiger charge is -2.14. The molecule has 4 nitrogen and oxygen atoms in total. The van der Waals surface area contributed by atoms with E-state index in [0.717, 1.165) is 51.4 Å². The van der Waals surface area contributed by atoms with Crippen LogP contribution in [0.2, 0.25) is 0 Å². The first kappa shape index (κ1) is 30.4. The van der Waals surface area contributed by atoms with Gasteiger partial charge < -0.3 is 15.3 Å². The number of unbranched alkanes of at least 4 members (excludes halogenated alkanes) is 16. The lowest BCUT2D eigenvalue weighted by atomic mass is 10.00. The predicted octanol–water partition coefficient (Wildman–Crippen LogP) is 7.79. The van der Waals surface area contributed by atoms with E-state index in [1.807, 2.05) is 0 Å². The lowest BCUT2D eigenvalue weighted by Crippen LogP contribution is -2.13. The molecule has 0 bridgehead atoms. The van der Waals surface area contributed by atoms with Gasteiger partial charge in [-0.25, -0.2) is 0 Å². The van der Waals surface area contributed by atoms with Gasteiger partial charge in [-0.3, -0.25) is 4.79 Å². The van der Waals surface area contributed by atoms with Crippen molar-refractivity contribution in [3.05, 3.63) is 0 Å². The topological polar surface area (TPSA) is 77.8 Å². The van der Waals surface area contributed by atoms with Crippen molar-refractivity contribution >= 4 is 5.97 Å². The van der Waals surface area contributed by atoms with E-state index in [4.69, 9.17) is 5.11 Å². The number of carbonyl (C=O) groups is 1. The summed E-state index contributed by atoms with van der Waals surface area (Å²) < 4.78 is 0. The number of hydrogen-bond acceptors (Lipinski definition) is 3. The van der Waals surface area contributed by atoms with Crippen LogP contribution in [0, 0.1) is 0 Å². The second-order valence-corrected chi connectivity index (χ2v) is 9.62. The number of aliphatic hydroxyl groups excluding tert-OH is 2. The average Bonchev–Trinajstić information content (AvgIpc) is 2.74. The number of aliphatic carboxylic acids is 1. The van der Waals surface area contributed by atoms with Crippen LogP contribution in [0.5, 0.6) is 0 Å². The highest BCUT2D eigenvalue weighted by Crippen LogP contribution is 2.16. The Labute approximate surface area is 193 Å². The van der Waals surface area contributed by atoms with Crippen LogP contribution in [0.3, 0.4) is 0 Å². The Balaban J connectivity index is 3.24. The summed E-state index contributed by atoms with van der Waals surface area (Å²) in [5, 5.41) is 28.7. The van der Waals surface area contributed by atoms with Crippen LogP contribution in [-0.2, 0) is 4.79 Å². The van der Waals surface area contributed by atoms with E-state index >= 15 is 0 Å². The minimum absolute atomic E-state index is 0.229. The van der Waals surface area contributed by atoms with Crippen LogP contribution < -0.4 is 0 Å². The summed E-state index contributed by atoms with van der Waals surface area (Å²) in [5.74, 6) is -0.671. The highest BCUT2D eigenvalue weighted by molar-refractivity contribution is 5.66. The SMILES string of the molecule is CCCCCCCC(O)CCC(O)CCCCCCCCCCCCCCCC(=O)O. The summed E-state index contributed by atoms with van der Waals surface area (Å²) in [5.41, 5.74) is 0. The van der Waals surface area contributed by atoms with Gasteiger partial charge in [-0.05, 0) is 32.1 Å². The van der Waals surface area contributed by atoms with Crippen molar-refractivity contribution in [2.45, 2.75) is 167 Å². The molecule has 0 aliphatic heterocycles. The molecular formula is C27H54O4. The first-order chi connectivity index (χ1) is 15.1. The predicted molar refractivity (Wildman–Crippen MR) is 132 cm³/mol. The standard InChI is InChI=1S/C27H54O4/c1-2-3-4-14-17-20-25(28)23-24-26(29)21-18-15-12-10-8-6-5-7-9-11-13-16-19-22-27(30)31/h25-26,28-29H,2-24H2,1H3,(H,30,31). The molecule has 0 spiro atoms. The zero-order valence-corrected chi connectivity index (χ0v) is 20.7. The molecule has 0 radical (unpaired) electrons. The summed E-state index contributed by atoms with van der Waals surface area (Å²) in [6.45, 7) is 2.22. The van der Waals surface area contributed by atoms with Crippen LogP contribution in [0.15, 0.2) is 0 Å². The second kappa shape index (κ2) is 24.0. The molecule has 186 valence electrons. The molecule has 31 heavy (non-hydrogen) atoms. The van der Waals surface area contributed by atoms with E-state index in [1.54, 1.807) is 0 Å². The number of hydrogen-bond donors (Lipinski definition) is 3. The van der Waals surface area contributed by atoms with Gasteiger partial charge >= 0.3 is 5.97 Å². The van der Waals surface area contributed by atoms with Crippen molar-refractivity contribution < 1.29 is 20.1 Å². The Morgan fingerprint density at radius 1 is 0.516 bits per heavy atom. The fraction of sp³-hybridized carbons (Fsp3) is 0.963. The van der Waals surface area contributed by atoms with Gasteiger partial charge in [0, 0.05) is 6.42 Å². The van der Waals surface area contributed by atoms with Crippen LogP contribution in [0.25, 0.3) is 0 Å². The van der Waals surface area contributed by atoms with Gasteiger partial charge in [0.15, 0.2) is 0 Å². The van der Waals surface area contributed by atoms with Crippen molar-refractivity contribution in [3.8, 4) is 0 Å². The van der Waals surface area contributed by atoms with Gasteiger partial charge in [-0.1, -0.05) is 116 Å². The molecule has 0 saturated carbocycles. The molecule has 0 saturated heterocycles. The monoisotopic (exact) mass is 442 g/mol. The molecule has 0 amide bonds. The minimum Gasteiger partial charge on any atom is -0.481 e. The van der Waals surface area contributed by atoms with Gasteiger partial charge in [-0.15, -0.1) is 0 Å².